The van der Waals surface area contributed by atoms with Crippen molar-refractivity contribution in [3.8, 4) is 0 Å². The van der Waals surface area contributed by atoms with Gasteiger partial charge in [0.2, 0.25) is 10.3 Å². The van der Waals surface area contributed by atoms with E-state index in [9.17, 15) is 4.79 Å². The summed E-state index contributed by atoms with van der Waals surface area (Å²) in [6.07, 6.45) is 0.969. The normalized spacial score (nSPS) is 10.4. The third kappa shape index (κ3) is 4.80. The Morgan fingerprint density at radius 2 is 1.73 bits per heavy atom. The van der Waals surface area contributed by atoms with E-state index in [1.807, 2.05) is 54.4 Å². The SMILES string of the molecule is CCc1ccc(NC(=O)Nc2nnc(N(C)Cc3ccccc3)s2)cc1. The molecule has 2 amide bonds. The van der Waals surface area contributed by atoms with Gasteiger partial charge in [0.25, 0.3) is 0 Å². The first-order valence-corrected chi connectivity index (χ1v) is 9.21. The first-order chi connectivity index (χ1) is 12.6. The highest BCUT2D eigenvalue weighted by Crippen LogP contribution is 2.24. The summed E-state index contributed by atoms with van der Waals surface area (Å²) in [6, 6.07) is 17.6. The molecule has 0 aliphatic rings. The van der Waals surface area contributed by atoms with Gasteiger partial charge in [-0.15, -0.1) is 10.2 Å². The van der Waals surface area contributed by atoms with Crippen LogP contribution in [0.2, 0.25) is 0 Å². The maximum absolute atomic E-state index is 12.1. The van der Waals surface area contributed by atoms with E-state index in [4.69, 9.17) is 0 Å². The second kappa shape index (κ2) is 8.44. The second-order valence-electron chi connectivity index (χ2n) is 5.86. The number of aromatic nitrogens is 2. The second-order valence-corrected chi connectivity index (χ2v) is 6.82. The van der Waals surface area contributed by atoms with Crippen LogP contribution in [0.15, 0.2) is 54.6 Å². The van der Waals surface area contributed by atoms with Gasteiger partial charge in [-0.2, -0.15) is 0 Å². The first kappa shape index (κ1) is 17.9. The number of rotatable bonds is 6. The van der Waals surface area contributed by atoms with Crippen LogP contribution in [-0.2, 0) is 13.0 Å². The topological polar surface area (TPSA) is 70.1 Å². The molecule has 7 heteroatoms. The molecule has 0 unspecified atom stereocenters. The summed E-state index contributed by atoms with van der Waals surface area (Å²) >= 11 is 1.34. The van der Waals surface area contributed by atoms with Gasteiger partial charge in [-0.1, -0.05) is 60.7 Å². The zero-order chi connectivity index (χ0) is 18.4. The lowest BCUT2D eigenvalue weighted by atomic mass is 10.1. The molecule has 2 aromatic carbocycles. The van der Waals surface area contributed by atoms with Crippen molar-refractivity contribution in [2.75, 3.05) is 22.6 Å². The van der Waals surface area contributed by atoms with Gasteiger partial charge in [0.05, 0.1) is 0 Å². The highest BCUT2D eigenvalue weighted by atomic mass is 32.1. The molecule has 0 saturated carbocycles. The first-order valence-electron chi connectivity index (χ1n) is 8.39. The number of amides is 2. The van der Waals surface area contributed by atoms with Gasteiger partial charge < -0.3 is 10.2 Å². The van der Waals surface area contributed by atoms with Gasteiger partial charge in [-0.3, -0.25) is 5.32 Å². The Morgan fingerprint density at radius 1 is 1.00 bits per heavy atom. The molecule has 2 N–H and O–H groups in total. The van der Waals surface area contributed by atoms with E-state index in [0.29, 0.717) is 5.13 Å². The van der Waals surface area contributed by atoms with Crippen LogP contribution in [-0.4, -0.2) is 23.3 Å². The highest BCUT2D eigenvalue weighted by molar-refractivity contribution is 7.19. The molecule has 3 aromatic rings. The molecule has 3 rings (SSSR count). The number of aryl methyl sites for hydroxylation is 1. The van der Waals surface area contributed by atoms with Crippen molar-refractivity contribution in [1.82, 2.24) is 10.2 Å². The Morgan fingerprint density at radius 3 is 2.42 bits per heavy atom. The Hall–Kier alpha value is -2.93. The summed E-state index contributed by atoms with van der Waals surface area (Å²) in [4.78, 5) is 14.1. The fourth-order valence-corrected chi connectivity index (χ4v) is 3.13. The minimum absolute atomic E-state index is 0.331. The molecule has 0 aliphatic heterocycles. The van der Waals surface area contributed by atoms with E-state index in [0.717, 1.165) is 23.8 Å². The maximum atomic E-state index is 12.1. The smallest absolute Gasteiger partial charge is 0.325 e. The van der Waals surface area contributed by atoms with Crippen LogP contribution < -0.4 is 15.5 Å². The molecule has 0 fully saturated rings. The number of benzene rings is 2. The number of carbonyl (C=O) groups excluding carboxylic acids is 1. The van der Waals surface area contributed by atoms with E-state index in [1.165, 1.54) is 22.5 Å². The molecule has 134 valence electrons. The molecule has 6 nitrogen and oxygen atoms in total. The minimum Gasteiger partial charge on any atom is -0.345 e. The van der Waals surface area contributed by atoms with Crippen molar-refractivity contribution in [3.63, 3.8) is 0 Å². The van der Waals surface area contributed by atoms with Crippen molar-refractivity contribution in [2.24, 2.45) is 0 Å². The molecule has 26 heavy (non-hydrogen) atoms. The fraction of sp³-hybridized carbons (Fsp3) is 0.211. The average molecular weight is 367 g/mol. The van der Waals surface area contributed by atoms with Crippen LogP contribution >= 0.6 is 11.3 Å². The highest BCUT2D eigenvalue weighted by Gasteiger charge is 2.11. The van der Waals surface area contributed by atoms with Crippen molar-refractivity contribution < 1.29 is 4.79 Å². The van der Waals surface area contributed by atoms with Gasteiger partial charge in [0.15, 0.2) is 0 Å². The largest absolute Gasteiger partial charge is 0.345 e. The quantitative estimate of drug-likeness (QED) is 0.678. The number of hydrogen-bond acceptors (Lipinski definition) is 5. The lowest BCUT2D eigenvalue weighted by Gasteiger charge is -2.14. The lowest BCUT2D eigenvalue weighted by Crippen LogP contribution is -2.19. The number of nitrogens with one attached hydrogen (secondary N) is 2. The van der Waals surface area contributed by atoms with Gasteiger partial charge >= 0.3 is 6.03 Å². The Balaban J connectivity index is 1.56. The lowest BCUT2D eigenvalue weighted by molar-refractivity contribution is 0.262. The molecule has 0 atom stereocenters. The van der Waals surface area contributed by atoms with Crippen LogP contribution in [0, 0.1) is 0 Å². The van der Waals surface area contributed by atoms with Crippen molar-refractivity contribution in [2.45, 2.75) is 19.9 Å². The third-order valence-corrected chi connectivity index (χ3v) is 4.80. The summed E-state index contributed by atoms with van der Waals surface area (Å²) in [5.41, 5.74) is 3.16. The van der Waals surface area contributed by atoms with Crippen LogP contribution in [0.1, 0.15) is 18.1 Å². The van der Waals surface area contributed by atoms with Crippen LogP contribution in [0.4, 0.5) is 20.7 Å². The number of urea groups is 1. The molecular weight excluding hydrogens is 346 g/mol. The monoisotopic (exact) mass is 367 g/mol. The zero-order valence-electron chi connectivity index (χ0n) is 14.8. The summed E-state index contributed by atoms with van der Waals surface area (Å²) < 4.78 is 0. The van der Waals surface area contributed by atoms with Gasteiger partial charge in [0, 0.05) is 19.3 Å². The summed E-state index contributed by atoms with van der Waals surface area (Å²) in [7, 11) is 1.95. The third-order valence-electron chi connectivity index (χ3n) is 3.84. The summed E-state index contributed by atoms with van der Waals surface area (Å²) in [5, 5.41) is 14.9. The molecule has 0 saturated heterocycles. The van der Waals surface area contributed by atoms with E-state index in [1.54, 1.807) is 0 Å². The number of carbonyl (C=O) groups is 1. The summed E-state index contributed by atoms with van der Waals surface area (Å²) in [6.45, 7) is 2.82. The molecule has 1 aromatic heterocycles. The van der Waals surface area contributed by atoms with E-state index in [-0.39, 0.29) is 6.03 Å². The molecule has 1 heterocycles. The fourth-order valence-electron chi connectivity index (χ4n) is 2.43. The molecule has 0 spiro atoms. The molecule has 0 bridgehead atoms. The van der Waals surface area contributed by atoms with Crippen LogP contribution in [0.25, 0.3) is 0 Å². The van der Waals surface area contributed by atoms with Gasteiger partial charge in [0.1, 0.15) is 0 Å². The van der Waals surface area contributed by atoms with E-state index < -0.39 is 0 Å². The van der Waals surface area contributed by atoms with Crippen molar-refractivity contribution >= 4 is 33.3 Å². The predicted molar refractivity (Wildman–Crippen MR) is 107 cm³/mol. The van der Waals surface area contributed by atoms with Crippen LogP contribution in [0.5, 0.6) is 0 Å². The Bertz CT molecular complexity index is 848. The van der Waals surface area contributed by atoms with Gasteiger partial charge in [-0.25, -0.2) is 4.79 Å². The van der Waals surface area contributed by atoms with Crippen molar-refractivity contribution in [1.29, 1.82) is 0 Å². The van der Waals surface area contributed by atoms with Crippen molar-refractivity contribution in [3.05, 3.63) is 65.7 Å². The Kier molecular flexibility index (Phi) is 5.80. The predicted octanol–water partition coefficient (Wildman–Crippen LogP) is 4.38. The standard InChI is InChI=1S/C19H21N5OS/c1-3-14-9-11-16(12-10-14)20-17(25)21-18-22-23-19(26-18)24(2)13-15-7-5-4-6-8-15/h4-12H,3,13H2,1-2H3,(H2,20,21,22,25). The molecular formula is C19H21N5OS. The minimum atomic E-state index is -0.331. The average Bonchev–Trinajstić information content (AvgIpc) is 3.11. The zero-order valence-corrected chi connectivity index (χ0v) is 15.6. The molecule has 0 radical (unpaired) electrons. The van der Waals surface area contributed by atoms with Gasteiger partial charge in [-0.05, 0) is 29.7 Å². The number of hydrogen-bond donors (Lipinski definition) is 2. The van der Waals surface area contributed by atoms with E-state index in [2.05, 4.69) is 39.9 Å². The maximum Gasteiger partial charge on any atom is 0.325 e. The number of nitrogens with zero attached hydrogens (tertiary/aromatic N) is 3. The number of anilines is 3. The Labute approximate surface area is 156 Å². The summed E-state index contributed by atoms with van der Waals surface area (Å²) in [5.74, 6) is 0. The van der Waals surface area contributed by atoms with Crippen LogP contribution in [0.3, 0.4) is 0 Å². The molecule has 0 aliphatic carbocycles. The van der Waals surface area contributed by atoms with E-state index >= 15 is 0 Å².